The molecule has 0 bridgehead atoms. The Bertz CT molecular complexity index is 278. The molecule has 0 aromatic heterocycles. The predicted octanol–water partition coefficient (Wildman–Crippen LogP) is 1.32. The van der Waals surface area contributed by atoms with E-state index in [4.69, 9.17) is 0 Å². The van der Waals surface area contributed by atoms with Gasteiger partial charge in [-0.15, -0.1) is 0 Å². The standard InChI is InChI=1S/C13H23N3O/c17-13(14-9-10-1-2-10)15-11-5-7-16(8-6-11)12-3-4-12/h10-12H,1-9H2,(H2,14,15,17). The van der Waals surface area contributed by atoms with E-state index in [2.05, 4.69) is 15.5 Å². The molecular weight excluding hydrogens is 214 g/mol. The summed E-state index contributed by atoms with van der Waals surface area (Å²) in [5.41, 5.74) is 0. The highest BCUT2D eigenvalue weighted by molar-refractivity contribution is 5.74. The Balaban J connectivity index is 1.33. The minimum absolute atomic E-state index is 0.0433. The highest BCUT2D eigenvalue weighted by Gasteiger charge is 2.32. The van der Waals surface area contributed by atoms with Crippen molar-refractivity contribution < 1.29 is 4.79 Å². The minimum Gasteiger partial charge on any atom is -0.338 e. The zero-order valence-corrected chi connectivity index (χ0v) is 10.5. The lowest BCUT2D eigenvalue weighted by atomic mass is 10.1. The van der Waals surface area contributed by atoms with Gasteiger partial charge in [0.1, 0.15) is 0 Å². The second-order valence-electron chi connectivity index (χ2n) is 5.84. The Morgan fingerprint density at radius 3 is 2.35 bits per heavy atom. The van der Waals surface area contributed by atoms with Crippen LogP contribution in [0.4, 0.5) is 4.79 Å². The zero-order chi connectivity index (χ0) is 11.7. The summed E-state index contributed by atoms with van der Waals surface area (Å²) >= 11 is 0. The van der Waals surface area contributed by atoms with E-state index < -0.39 is 0 Å². The number of rotatable bonds is 4. The number of carbonyl (C=O) groups excluding carboxylic acids is 1. The van der Waals surface area contributed by atoms with Crippen LogP contribution in [0.5, 0.6) is 0 Å². The number of urea groups is 1. The van der Waals surface area contributed by atoms with Crippen LogP contribution in [0.3, 0.4) is 0 Å². The first-order valence-corrected chi connectivity index (χ1v) is 7.09. The Morgan fingerprint density at radius 1 is 1.06 bits per heavy atom. The molecule has 4 heteroatoms. The van der Waals surface area contributed by atoms with Crippen molar-refractivity contribution in [3.05, 3.63) is 0 Å². The molecule has 2 amide bonds. The quantitative estimate of drug-likeness (QED) is 0.774. The van der Waals surface area contributed by atoms with Gasteiger partial charge in [0.2, 0.25) is 0 Å². The number of carbonyl (C=O) groups is 1. The monoisotopic (exact) mass is 237 g/mol. The van der Waals surface area contributed by atoms with Crippen LogP contribution < -0.4 is 10.6 Å². The average Bonchev–Trinajstić information content (AvgIpc) is 3.19. The first-order valence-electron chi connectivity index (χ1n) is 7.09. The molecule has 0 radical (unpaired) electrons. The maximum absolute atomic E-state index is 11.6. The van der Waals surface area contributed by atoms with Crippen molar-refractivity contribution in [2.75, 3.05) is 19.6 Å². The third-order valence-corrected chi connectivity index (χ3v) is 4.18. The van der Waals surface area contributed by atoms with Crippen LogP contribution >= 0.6 is 0 Å². The van der Waals surface area contributed by atoms with Crippen molar-refractivity contribution in [2.45, 2.75) is 50.6 Å². The second-order valence-corrected chi connectivity index (χ2v) is 5.84. The van der Waals surface area contributed by atoms with Crippen molar-refractivity contribution in [3.63, 3.8) is 0 Å². The molecule has 3 aliphatic rings. The molecule has 0 spiro atoms. The lowest BCUT2D eigenvalue weighted by molar-refractivity contribution is 0.186. The maximum Gasteiger partial charge on any atom is 0.315 e. The molecule has 2 saturated carbocycles. The topological polar surface area (TPSA) is 44.4 Å². The van der Waals surface area contributed by atoms with Crippen molar-refractivity contribution in [1.29, 1.82) is 0 Å². The summed E-state index contributed by atoms with van der Waals surface area (Å²) in [6.45, 7) is 3.20. The minimum atomic E-state index is 0.0433. The van der Waals surface area contributed by atoms with E-state index in [0.717, 1.165) is 44.4 Å². The van der Waals surface area contributed by atoms with Crippen LogP contribution in [0.25, 0.3) is 0 Å². The summed E-state index contributed by atoms with van der Waals surface area (Å²) in [6, 6.07) is 1.31. The fraction of sp³-hybridized carbons (Fsp3) is 0.923. The van der Waals surface area contributed by atoms with Gasteiger partial charge in [-0.3, -0.25) is 0 Å². The Labute approximate surface area is 103 Å². The second kappa shape index (κ2) is 4.84. The van der Waals surface area contributed by atoms with Gasteiger partial charge >= 0.3 is 6.03 Å². The zero-order valence-electron chi connectivity index (χ0n) is 10.5. The molecule has 2 N–H and O–H groups in total. The molecule has 1 aliphatic heterocycles. The van der Waals surface area contributed by atoms with Gasteiger partial charge in [-0.25, -0.2) is 4.79 Å². The van der Waals surface area contributed by atoms with Gasteiger partial charge in [0, 0.05) is 31.7 Å². The highest BCUT2D eigenvalue weighted by atomic mass is 16.2. The number of amides is 2. The van der Waals surface area contributed by atoms with E-state index in [1.54, 1.807) is 0 Å². The first-order chi connectivity index (χ1) is 8.31. The molecule has 1 heterocycles. The summed E-state index contributed by atoms with van der Waals surface area (Å²) in [6.07, 6.45) is 7.60. The number of likely N-dealkylation sites (tertiary alicyclic amines) is 1. The van der Waals surface area contributed by atoms with Crippen LogP contribution in [-0.2, 0) is 0 Å². The van der Waals surface area contributed by atoms with Crippen LogP contribution in [0.1, 0.15) is 38.5 Å². The number of hydrogen-bond donors (Lipinski definition) is 2. The number of nitrogens with zero attached hydrogens (tertiary/aromatic N) is 1. The van der Waals surface area contributed by atoms with Gasteiger partial charge in [-0.2, -0.15) is 0 Å². The molecule has 17 heavy (non-hydrogen) atoms. The van der Waals surface area contributed by atoms with Crippen molar-refractivity contribution >= 4 is 6.03 Å². The molecule has 0 atom stereocenters. The van der Waals surface area contributed by atoms with E-state index >= 15 is 0 Å². The molecule has 0 aromatic carbocycles. The Kier molecular flexibility index (Phi) is 3.23. The fourth-order valence-corrected chi connectivity index (χ4v) is 2.64. The largest absolute Gasteiger partial charge is 0.338 e. The van der Waals surface area contributed by atoms with E-state index in [1.165, 1.54) is 25.7 Å². The van der Waals surface area contributed by atoms with Gasteiger partial charge in [0.05, 0.1) is 0 Å². The number of hydrogen-bond acceptors (Lipinski definition) is 2. The first kappa shape index (κ1) is 11.3. The maximum atomic E-state index is 11.6. The van der Waals surface area contributed by atoms with E-state index in [0.29, 0.717) is 6.04 Å². The highest BCUT2D eigenvalue weighted by Crippen LogP contribution is 2.29. The Hall–Kier alpha value is -0.770. The number of piperidine rings is 1. The fourth-order valence-electron chi connectivity index (χ4n) is 2.64. The Morgan fingerprint density at radius 2 is 1.76 bits per heavy atom. The van der Waals surface area contributed by atoms with Gasteiger partial charge in [0.25, 0.3) is 0 Å². The smallest absolute Gasteiger partial charge is 0.315 e. The van der Waals surface area contributed by atoms with Gasteiger partial charge < -0.3 is 15.5 Å². The third-order valence-electron chi connectivity index (χ3n) is 4.18. The van der Waals surface area contributed by atoms with Crippen LogP contribution in [0.15, 0.2) is 0 Å². The normalized spacial score (nSPS) is 26.8. The average molecular weight is 237 g/mol. The van der Waals surface area contributed by atoms with E-state index in [1.807, 2.05) is 0 Å². The molecule has 0 aromatic rings. The lowest BCUT2D eigenvalue weighted by Crippen LogP contribution is -2.48. The van der Waals surface area contributed by atoms with Crippen molar-refractivity contribution in [2.24, 2.45) is 5.92 Å². The summed E-state index contributed by atoms with van der Waals surface area (Å²) in [7, 11) is 0. The van der Waals surface area contributed by atoms with Crippen LogP contribution in [-0.4, -0.2) is 42.6 Å². The molecule has 4 nitrogen and oxygen atoms in total. The van der Waals surface area contributed by atoms with Gasteiger partial charge in [-0.05, 0) is 44.4 Å². The van der Waals surface area contributed by atoms with Crippen LogP contribution in [0.2, 0.25) is 0 Å². The molecular formula is C13H23N3O. The summed E-state index contributed by atoms with van der Waals surface area (Å²) in [4.78, 5) is 14.2. The molecule has 0 unspecified atom stereocenters. The van der Waals surface area contributed by atoms with Gasteiger partial charge in [-0.1, -0.05) is 0 Å². The number of nitrogens with one attached hydrogen (secondary N) is 2. The third kappa shape index (κ3) is 3.35. The molecule has 2 aliphatic carbocycles. The van der Waals surface area contributed by atoms with E-state index in [9.17, 15) is 4.79 Å². The molecule has 3 rings (SSSR count). The van der Waals surface area contributed by atoms with Gasteiger partial charge in [0.15, 0.2) is 0 Å². The summed E-state index contributed by atoms with van der Waals surface area (Å²) in [5.74, 6) is 0.762. The van der Waals surface area contributed by atoms with Crippen molar-refractivity contribution in [1.82, 2.24) is 15.5 Å². The molecule has 3 fully saturated rings. The predicted molar refractivity (Wildman–Crippen MR) is 66.9 cm³/mol. The van der Waals surface area contributed by atoms with Crippen molar-refractivity contribution in [3.8, 4) is 0 Å². The summed E-state index contributed by atoms with van der Waals surface area (Å²) < 4.78 is 0. The molecule has 96 valence electrons. The lowest BCUT2D eigenvalue weighted by Gasteiger charge is -2.32. The SMILES string of the molecule is O=C(NCC1CC1)NC1CCN(C2CC2)CC1. The van der Waals surface area contributed by atoms with E-state index in [-0.39, 0.29) is 6.03 Å². The summed E-state index contributed by atoms with van der Waals surface area (Å²) in [5, 5.41) is 6.08. The molecule has 1 saturated heterocycles. The van der Waals surface area contributed by atoms with Crippen LogP contribution in [0, 0.1) is 5.92 Å².